The van der Waals surface area contributed by atoms with E-state index >= 15 is 0 Å². The second-order valence-electron chi connectivity index (χ2n) is 2.26. The third kappa shape index (κ3) is 4.14. The molecule has 0 amide bonds. The zero-order chi connectivity index (χ0) is 10.3. The molecule has 1 atom stereocenters. The Hall–Kier alpha value is -0.0231. The number of hydrogen-bond donors (Lipinski definition) is 2. The molecule has 0 aliphatic heterocycles. The van der Waals surface area contributed by atoms with Crippen LogP contribution in [0, 0.1) is 0 Å². The maximum absolute atomic E-state index is 8.99. The van der Waals surface area contributed by atoms with Crippen molar-refractivity contribution in [3.05, 3.63) is 0 Å². The minimum atomic E-state index is -3.07. The maximum Gasteiger partial charge on any atom is 0.678 e. The van der Waals surface area contributed by atoms with E-state index in [2.05, 4.69) is 0 Å². The number of rotatable bonds is 7. The molecule has 0 saturated heterocycles. The van der Waals surface area contributed by atoms with E-state index in [1.807, 2.05) is 0 Å². The third-order valence-electron chi connectivity index (χ3n) is 1.41. The Morgan fingerprint density at radius 2 is 1.62 bits per heavy atom. The minimum Gasteiger partial charge on any atom is -0.394 e. The Labute approximate surface area is 78.5 Å². The van der Waals surface area contributed by atoms with Crippen LogP contribution in [0.3, 0.4) is 0 Å². The van der Waals surface area contributed by atoms with Gasteiger partial charge in [-0.2, -0.15) is 0 Å². The largest absolute Gasteiger partial charge is 0.678 e. The van der Waals surface area contributed by atoms with Crippen molar-refractivity contribution in [2.75, 3.05) is 34.5 Å². The van der Waals surface area contributed by atoms with E-state index < -0.39 is 15.2 Å². The van der Waals surface area contributed by atoms with E-state index in [1.54, 1.807) is 0 Å². The van der Waals surface area contributed by atoms with Gasteiger partial charge in [0.1, 0.15) is 0 Å². The summed E-state index contributed by atoms with van der Waals surface area (Å²) >= 11 is 0. The van der Waals surface area contributed by atoms with Crippen LogP contribution in [0.5, 0.6) is 0 Å². The van der Waals surface area contributed by atoms with Gasteiger partial charge in [-0.25, -0.2) is 0 Å². The van der Waals surface area contributed by atoms with Gasteiger partial charge in [-0.15, -0.1) is 0 Å². The van der Waals surface area contributed by atoms with Crippen molar-refractivity contribution in [1.29, 1.82) is 0 Å². The predicted molar refractivity (Wildman–Crippen MR) is 45.8 cm³/mol. The Kier molecular flexibility index (Phi) is 6.42. The molecule has 0 heterocycles. The van der Waals surface area contributed by atoms with Gasteiger partial charge in [0.05, 0.1) is 19.3 Å². The first-order valence-electron chi connectivity index (χ1n) is 3.72. The standard InChI is InChI=1S/C6H16O6Si/c1-9-13(10-2,11-3)12-5-6(8)4-7/h6-8H,4-5H2,1-3H3. The Bertz CT molecular complexity index is 120. The SMILES string of the molecule is CO[Si](OC)(OC)OCC(O)CO. The van der Waals surface area contributed by atoms with Crippen LogP contribution in [-0.4, -0.2) is 59.9 Å². The summed E-state index contributed by atoms with van der Waals surface area (Å²) in [5.74, 6) is 0. The molecule has 13 heavy (non-hydrogen) atoms. The van der Waals surface area contributed by atoms with Crippen molar-refractivity contribution in [3.63, 3.8) is 0 Å². The lowest BCUT2D eigenvalue weighted by Crippen LogP contribution is -2.48. The van der Waals surface area contributed by atoms with Crippen molar-refractivity contribution in [2.45, 2.75) is 6.10 Å². The molecule has 0 spiro atoms. The molecular weight excluding hydrogens is 196 g/mol. The molecule has 0 saturated carbocycles. The van der Waals surface area contributed by atoms with Crippen molar-refractivity contribution in [1.82, 2.24) is 0 Å². The highest BCUT2D eigenvalue weighted by molar-refractivity contribution is 6.53. The number of aliphatic hydroxyl groups is 2. The van der Waals surface area contributed by atoms with Crippen LogP contribution < -0.4 is 0 Å². The predicted octanol–water partition coefficient (Wildman–Crippen LogP) is -1.27. The van der Waals surface area contributed by atoms with Crippen LogP contribution in [-0.2, 0) is 17.7 Å². The molecule has 0 rings (SSSR count). The van der Waals surface area contributed by atoms with Crippen molar-refractivity contribution >= 4 is 9.05 Å². The monoisotopic (exact) mass is 212 g/mol. The molecule has 0 aliphatic carbocycles. The molecule has 6 nitrogen and oxygen atoms in total. The van der Waals surface area contributed by atoms with Crippen LogP contribution in [0.2, 0.25) is 0 Å². The summed E-state index contributed by atoms with van der Waals surface area (Å²) in [6.45, 7) is -0.458. The normalized spacial score (nSPS) is 14.5. The maximum atomic E-state index is 8.99. The third-order valence-corrected chi connectivity index (χ3v) is 3.43. The zero-order valence-electron chi connectivity index (χ0n) is 8.02. The first kappa shape index (κ1) is 13.0. The average molecular weight is 212 g/mol. The van der Waals surface area contributed by atoms with Gasteiger partial charge < -0.3 is 27.9 Å². The molecule has 0 radical (unpaired) electrons. The second-order valence-corrected chi connectivity index (χ2v) is 4.77. The van der Waals surface area contributed by atoms with Crippen LogP contribution in [0.15, 0.2) is 0 Å². The van der Waals surface area contributed by atoms with Gasteiger partial charge in [0.25, 0.3) is 0 Å². The molecule has 0 aliphatic rings. The van der Waals surface area contributed by atoms with Crippen molar-refractivity contribution < 1.29 is 27.9 Å². The Morgan fingerprint density at radius 1 is 1.15 bits per heavy atom. The van der Waals surface area contributed by atoms with E-state index in [0.29, 0.717) is 0 Å². The number of aliphatic hydroxyl groups excluding tert-OH is 2. The molecular formula is C6H16O6Si. The fourth-order valence-electron chi connectivity index (χ4n) is 0.678. The average Bonchev–Trinajstić information content (AvgIpc) is 2.20. The topological polar surface area (TPSA) is 77.4 Å². The van der Waals surface area contributed by atoms with Gasteiger partial charge >= 0.3 is 9.05 Å². The lowest BCUT2D eigenvalue weighted by atomic mass is 10.4. The van der Waals surface area contributed by atoms with Crippen LogP contribution in [0.4, 0.5) is 0 Å². The van der Waals surface area contributed by atoms with Gasteiger partial charge in [-0.3, -0.25) is 0 Å². The lowest BCUT2D eigenvalue weighted by Gasteiger charge is -2.23. The molecule has 0 aromatic carbocycles. The van der Waals surface area contributed by atoms with Crippen LogP contribution in [0.25, 0.3) is 0 Å². The Morgan fingerprint density at radius 3 is 1.92 bits per heavy atom. The van der Waals surface area contributed by atoms with E-state index in [0.717, 1.165) is 0 Å². The fraction of sp³-hybridized carbons (Fsp3) is 1.00. The molecule has 0 aromatic rings. The molecule has 80 valence electrons. The van der Waals surface area contributed by atoms with Gasteiger partial charge in [-0.05, 0) is 0 Å². The summed E-state index contributed by atoms with van der Waals surface area (Å²) in [4.78, 5) is 0. The molecule has 0 bridgehead atoms. The highest BCUT2D eigenvalue weighted by atomic mass is 28.4. The zero-order valence-corrected chi connectivity index (χ0v) is 9.02. The van der Waals surface area contributed by atoms with Gasteiger partial charge in [0.2, 0.25) is 0 Å². The van der Waals surface area contributed by atoms with E-state index in [9.17, 15) is 0 Å². The van der Waals surface area contributed by atoms with Crippen LogP contribution in [0.1, 0.15) is 0 Å². The van der Waals surface area contributed by atoms with Gasteiger partial charge in [0, 0.05) is 21.3 Å². The highest BCUT2D eigenvalue weighted by Crippen LogP contribution is 2.07. The molecule has 2 N–H and O–H groups in total. The van der Waals surface area contributed by atoms with Gasteiger partial charge in [-0.1, -0.05) is 0 Å². The first-order valence-corrected chi connectivity index (χ1v) is 5.35. The summed E-state index contributed by atoms with van der Waals surface area (Å²) in [5, 5.41) is 17.5. The Balaban J connectivity index is 3.95. The minimum absolute atomic E-state index is 0.0851. The van der Waals surface area contributed by atoms with Crippen LogP contribution >= 0.6 is 0 Å². The molecule has 0 aromatic heterocycles. The molecule has 0 fully saturated rings. The quantitative estimate of drug-likeness (QED) is 0.512. The smallest absolute Gasteiger partial charge is 0.394 e. The summed E-state index contributed by atoms with van der Waals surface area (Å²) in [6.07, 6.45) is -0.952. The number of hydrogen-bond acceptors (Lipinski definition) is 6. The second kappa shape index (κ2) is 6.43. The van der Waals surface area contributed by atoms with Crippen molar-refractivity contribution in [2.24, 2.45) is 0 Å². The highest BCUT2D eigenvalue weighted by Gasteiger charge is 2.42. The summed E-state index contributed by atoms with van der Waals surface area (Å²) in [5.41, 5.74) is 0. The van der Waals surface area contributed by atoms with E-state index in [1.165, 1.54) is 21.3 Å². The summed E-state index contributed by atoms with van der Waals surface area (Å²) < 4.78 is 19.8. The van der Waals surface area contributed by atoms with Gasteiger partial charge in [0.15, 0.2) is 0 Å². The molecule has 7 heteroatoms. The molecule has 1 unspecified atom stereocenters. The van der Waals surface area contributed by atoms with E-state index in [4.69, 9.17) is 27.9 Å². The first-order chi connectivity index (χ1) is 6.14. The lowest BCUT2D eigenvalue weighted by molar-refractivity contribution is -0.0305. The summed E-state index contributed by atoms with van der Waals surface area (Å²) in [7, 11) is 1.11. The summed E-state index contributed by atoms with van der Waals surface area (Å²) in [6, 6.07) is 0. The van der Waals surface area contributed by atoms with Crippen molar-refractivity contribution in [3.8, 4) is 0 Å². The van der Waals surface area contributed by atoms with E-state index in [-0.39, 0.29) is 13.2 Å². The fourth-order valence-corrected chi connectivity index (χ4v) is 1.93.